The second-order valence-electron chi connectivity index (χ2n) is 5.06. The predicted molar refractivity (Wildman–Crippen MR) is 56.5 cm³/mol. The first-order valence-electron chi connectivity index (χ1n) is 5.16. The SMILES string of the molecule is CC(C)C(=O)Cc1nc(C(C)(C)C)no1. The minimum atomic E-state index is -0.136. The first-order valence-corrected chi connectivity index (χ1v) is 5.16. The summed E-state index contributed by atoms with van der Waals surface area (Å²) >= 11 is 0. The molecule has 1 aromatic heterocycles. The molecule has 0 radical (unpaired) electrons. The number of hydrogen-bond donors (Lipinski definition) is 0. The van der Waals surface area contributed by atoms with Gasteiger partial charge in [0.05, 0.1) is 6.42 Å². The first kappa shape index (κ1) is 11.9. The smallest absolute Gasteiger partial charge is 0.234 e. The third-order valence-corrected chi connectivity index (χ3v) is 2.11. The van der Waals surface area contributed by atoms with E-state index in [-0.39, 0.29) is 23.5 Å². The average molecular weight is 210 g/mol. The summed E-state index contributed by atoms with van der Waals surface area (Å²) in [5.41, 5.74) is -0.136. The molecule has 1 rings (SSSR count). The van der Waals surface area contributed by atoms with Gasteiger partial charge < -0.3 is 4.52 Å². The molecule has 4 nitrogen and oxygen atoms in total. The van der Waals surface area contributed by atoms with Crippen molar-refractivity contribution in [3.05, 3.63) is 11.7 Å². The van der Waals surface area contributed by atoms with E-state index in [2.05, 4.69) is 10.1 Å². The van der Waals surface area contributed by atoms with E-state index < -0.39 is 0 Å². The van der Waals surface area contributed by atoms with E-state index in [1.807, 2.05) is 34.6 Å². The van der Waals surface area contributed by atoms with Crippen LogP contribution < -0.4 is 0 Å². The van der Waals surface area contributed by atoms with Crippen molar-refractivity contribution in [1.82, 2.24) is 10.1 Å². The zero-order valence-electron chi connectivity index (χ0n) is 10.00. The molecule has 0 aliphatic heterocycles. The van der Waals surface area contributed by atoms with Gasteiger partial charge in [0, 0.05) is 11.3 Å². The van der Waals surface area contributed by atoms with Crippen molar-refractivity contribution >= 4 is 5.78 Å². The summed E-state index contributed by atoms with van der Waals surface area (Å²) in [7, 11) is 0. The molecule has 0 saturated carbocycles. The topological polar surface area (TPSA) is 56.0 Å². The normalized spacial score (nSPS) is 12.1. The number of rotatable bonds is 3. The van der Waals surface area contributed by atoms with Gasteiger partial charge in [-0.25, -0.2) is 0 Å². The van der Waals surface area contributed by atoms with Crippen molar-refractivity contribution in [2.75, 3.05) is 0 Å². The van der Waals surface area contributed by atoms with Crippen molar-refractivity contribution in [2.24, 2.45) is 5.92 Å². The van der Waals surface area contributed by atoms with E-state index in [0.717, 1.165) is 0 Å². The van der Waals surface area contributed by atoms with Gasteiger partial charge >= 0.3 is 0 Å². The number of hydrogen-bond acceptors (Lipinski definition) is 4. The number of carbonyl (C=O) groups excluding carboxylic acids is 1. The van der Waals surface area contributed by atoms with E-state index in [4.69, 9.17) is 4.52 Å². The van der Waals surface area contributed by atoms with Gasteiger partial charge in [0.2, 0.25) is 5.89 Å². The number of nitrogens with zero attached hydrogens (tertiary/aromatic N) is 2. The Balaban J connectivity index is 2.73. The van der Waals surface area contributed by atoms with Crippen molar-refractivity contribution in [3.8, 4) is 0 Å². The monoisotopic (exact) mass is 210 g/mol. The summed E-state index contributed by atoms with van der Waals surface area (Å²) in [6.45, 7) is 9.75. The number of ketones is 1. The van der Waals surface area contributed by atoms with Crippen LogP contribution in [-0.2, 0) is 16.6 Å². The fourth-order valence-corrected chi connectivity index (χ4v) is 0.984. The fourth-order valence-electron chi connectivity index (χ4n) is 0.984. The molecule has 0 aliphatic carbocycles. The second kappa shape index (κ2) is 4.13. The minimum Gasteiger partial charge on any atom is -0.339 e. The van der Waals surface area contributed by atoms with E-state index in [0.29, 0.717) is 11.7 Å². The lowest BCUT2D eigenvalue weighted by molar-refractivity contribution is -0.121. The lowest BCUT2D eigenvalue weighted by atomic mass is 9.96. The van der Waals surface area contributed by atoms with E-state index in [1.54, 1.807) is 0 Å². The Morgan fingerprint density at radius 3 is 2.40 bits per heavy atom. The molecule has 0 atom stereocenters. The van der Waals surface area contributed by atoms with Crippen LogP contribution in [0.15, 0.2) is 4.52 Å². The van der Waals surface area contributed by atoms with Crippen LogP contribution in [0.3, 0.4) is 0 Å². The van der Waals surface area contributed by atoms with Crippen LogP contribution in [0.5, 0.6) is 0 Å². The first-order chi connectivity index (χ1) is 6.80. The van der Waals surface area contributed by atoms with Crippen LogP contribution in [0.25, 0.3) is 0 Å². The largest absolute Gasteiger partial charge is 0.339 e. The number of aromatic nitrogens is 2. The zero-order chi connectivity index (χ0) is 11.6. The van der Waals surface area contributed by atoms with Gasteiger partial charge in [0.15, 0.2) is 5.82 Å². The molecular formula is C11H18N2O2. The molecule has 1 aromatic rings. The zero-order valence-corrected chi connectivity index (χ0v) is 10.00. The molecule has 0 aliphatic rings. The van der Waals surface area contributed by atoms with Crippen LogP contribution in [0.2, 0.25) is 0 Å². The molecule has 1 heterocycles. The summed E-state index contributed by atoms with van der Waals surface area (Å²) in [6.07, 6.45) is 0.237. The van der Waals surface area contributed by atoms with E-state index in [1.165, 1.54) is 0 Å². The Morgan fingerprint density at radius 1 is 1.40 bits per heavy atom. The maximum atomic E-state index is 11.4. The van der Waals surface area contributed by atoms with Gasteiger partial charge in [-0.3, -0.25) is 4.79 Å². The van der Waals surface area contributed by atoms with Crippen molar-refractivity contribution in [2.45, 2.75) is 46.5 Å². The Morgan fingerprint density at radius 2 is 2.00 bits per heavy atom. The Labute approximate surface area is 90.1 Å². The second-order valence-corrected chi connectivity index (χ2v) is 5.06. The lowest BCUT2D eigenvalue weighted by Gasteiger charge is -2.10. The highest BCUT2D eigenvalue weighted by Crippen LogP contribution is 2.18. The average Bonchev–Trinajstić information content (AvgIpc) is 2.51. The Hall–Kier alpha value is -1.19. The van der Waals surface area contributed by atoms with Gasteiger partial charge in [-0.15, -0.1) is 0 Å². The number of Topliss-reactive ketones (excluding diaryl/α,β-unsaturated/α-hetero) is 1. The maximum Gasteiger partial charge on any atom is 0.234 e. The van der Waals surface area contributed by atoms with Crippen LogP contribution in [0.4, 0.5) is 0 Å². The quantitative estimate of drug-likeness (QED) is 0.767. The summed E-state index contributed by atoms with van der Waals surface area (Å²) in [5, 5.41) is 3.86. The minimum absolute atomic E-state index is 0.00925. The van der Waals surface area contributed by atoms with Crippen molar-refractivity contribution < 1.29 is 9.32 Å². The molecule has 0 aromatic carbocycles. The molecule has 15 heavy (non-hydrogen) atoms. The molecule has 0 saturated heterocycles. The summed E-state index contributed by atoms with van der Waals surface area (Å²) in [6, 6.07) is 0. The maximum absolute atomic E-state index is 11.4. The summed E-state index contributed by atoms with van der Waals surface area (Å²) in [5.74, 6) is 1.20. The summed E-state index contributed by atoms with van der Waals surface area (Å²) < 4.78 is 5.03. The molecule has 0 N–H and O–H groups in total. The van der Waals surface area contributed by atoms with E-state index >= 15 is 0 Å². The summed E-state index contributed by atoms with van der Waals surface area (Å²) in [4.78, 5) is 15.6. The molecule has 0 spiro atoms. The fraction of sp³-hybridized carbons (Fsp3) is 0.727. The lowest BCUT2D eigenvalue weighted by Crippen LogP contribution is -2.14. The molecule has 0 unspecified atom stereocenters. The van der Waals surface area contributed by atoms with Gasteiger partial charge in [-0.05, 0) is 0 Å². The van der Waals surface area contributed by atoms with E-state index in [9.17, 15) is 4.79 Å². The van der Waals surface area contributed by atoms with Crippen molar-refractivity contribution in [3.63, 3.8) is 0 Å². The highest BCUT2D eigenvalue weighted by Gasteiger charge is 2.22. The van der Waals surface area contributed by atoms with Crippen LogP contribution in [-0.4, -0.2) is 15.9 Å². The van der Waals surface area contributed by atoms with Gasteiger partial charge in [-0.2, -0.15) is 4.98 Å². The molecule has 4 heteroatoms. The molecule has 0 fully saturated rings. The van der Waals surface area contributed by atoms with Gasteiger partial charge in [0.25, 0.3) is 0 Å². The molecule has 0 amide bonds. The molecular weight excluding hydrogens is 192 g/mol. The van der Waals surface area contributed by atoms with Gasteiger partial charge in [-0.1, -0.05) is 39.8 Å². The van der Waals surface area contributed by atoms with Crippen LogP contribution >= 0.6 is 0 Å². The highest BCUT2D eigenvalue weighted by molar-refractivity contribution is 5.81. The third-order valence-electron chi connectivity index (χ3n) is 2.11. The molecule has 0 bridgehead atoms. The standard InChI is InChI=1S/C11H18N2O2/c1-7(2)8(14)6-9-12-10(13-15-9)11(3,4)5/h7H,6H2,1-5H3. The van der Waals surface area contributed by atoms with Crippen LogP contribution in [0.1, 0.15) is 46.3 Å². The highest BCUT2D eigenvalue weighted by atomic mass is 16.5. The Bertz CT molecular complexity index is 348. The number of carbonyl (C=O) groups is 1. The van der Waals surface area contributed by atoms with Crippen molar-refractivity contribution in [1.29, 1.82) is 0 Å². The molecule has 84 valence electrons. The predicted octanol–water partition coefficient (Wildman–Crippen LogP) is 2.13. The Kier molecular flexibility index (Phi) is 3.27. The van der Waals surface area contributed by atoms with Gasteiger partial charge in [0.1, 0.15) is 5.78 Å². The van der Waals surface area contributed by atoms with Crippen LogP contribution in [0, 0.1) is 5.92 Å². The third kappa shape index (κ3) is 3.15.